The number of carbonyl (C=O) groups is 1. The summed E-state index contributed by atoms with van der Waals surface area (Å²) in [5.74, 6) is -0.355. The second-order valence-electron chi connectivity index (χ2n) is 4.46. The van der Waals surface area contributed by atoms with Crippen molar-refractivity contribution in [3.8, 4) is 11.1 Å². The number of aliphatic hydroxyl groups excluding tert-OH is 1. The van der Waals surface area contributed by atoms with Gasteiger partial charge in [-0.05, 0) is 23.6 Å². The number of carbonyl (C=O) groups excluding carboxylic acids is 1. The van der Waals surface area contributed by atoms with E-state index in [0.717, 1.165) is 11.1 Å². The van der Waals surface area contributed by atoms with Crippen LogP contribution in [0.5, 0.6) is 0 Å². The molecule has 0 saturated heterocycles. The van der Waals surface area contributed by atoms with Gasteiger partial charge in [0.2, 0.25) is 5.91 Å². The van der Waals surface area contributed by atoms with E-state index in [4.69, 9.17) is 5.11 Å². The summed E-state index contributed by atoms with van der Waals surface area (Å²) in [7, 11) is 0. The highest BCUT2D eigenvalue weighted by molar-refractivity contribution is 5.79. The molecule has 3 nitrogen and oxygen atoms in total. The van der Waals surface area contributed by atoms with Crippen LogP contribution >= 0.6 is 0 Å². The first-order valence-corrected chi connectivity index (χ1v) is 6.27. The quantitative estimate of drug-likeness (QED) is 0.881. The molecular weight excluding hydrogens is 238 g/mol. The molecular formula is C16H17NO2. The predicted octanol–water partition coefficient (Wildman–Crippen LogP) is 2.35. The third-order valence-corrected chi connectivity index (χ3v) is 2.91. The van der Waals surface area contributed by atoms with Crippen molar-refractivity contribution < 1.29 is 9.90 Å². The maximum absolute atomic E-state index is 11.2. The van der Waals surface area contributed by atoms with Crippen LogP contribution < -0.4 is 5.32 Å². The van der Waals surface area contributed by atoms with Crippen LogP contribution in [0.3, 0.4) is 0 Å². The monoisotopic (exact) mass is 255 g/mol. The van der Waals surface area contributed by atoms with E-state index < -0.39 is 6.10 Å². The molecule has 0 aliphatic heterocycles. The number of aliphatic hydroxyl groups is 1. The Kier molecular flexibility index (Phi) is 4.31. The molecule has 1 amide bonds. The lowest BCUT2D eigenvalue weighted by Gasteiger charge is -2.08. The Labute approximate surface area is 112 Å². The number of hydrogen-bond donors (Lipinski definition) is 2. The molecule has 0 spiro atoms. The van der Waals surface area contributed by atoms with Crippen molar-refractivity contribution in [2.45, 2.75) is 19.6 Å². The Morgan fingerprint density at radius 1 is 1.05 bits per heavy atom. The van der Waals surface area contributed by atoms with E-state index in [1.54, 1.807) is 0 Å². The molecule has 0 fully saturated rings. The zero-order chi connectivity index (χ0) is 13.7. The lowest BCUT2D eigenvalue weighted by Crippen LogP contribution is -2.31. The Morgan fingerprint density at radius 2 is 1.63 bits per heavy atom. The van der Waals surface area contributed by atoms with Crippen LogP contribution in [0.15, 0.2) is 54.6 Å². The summed E-state index contributed by atoms with van der Waals surface area (Å²) in [5, 5.41) is 11.7. The fraction of sp³-hybridized carbons (Fsp3) is 0.188. The molecule has 0 saturated carbocycles. The Bertz CT molecular complexity index is 532. The van der Waals surface area contributed by atoms with E-state index in [0.29, 0.717) is 6.54 Å². The maximum Gasteiger partial charge on any atom is 0.248 e. The smallest absolute Gasteiger partial charge is 0.248 e. The molecule has 0 heterocycles. The van der Waals surface area contributed by atoms with Gasteiger partial charge >= 0.3 is 0 Å². The van der Waals surface area contributed by atoms with Crippen LogP contribution in [-0.4, -0.2) is 17.1 Å². The van der Waals surface area contributed by atoms with Gasteiger partial charge in [-0.1, -0.05) is 54.6 Å². The summed E-state index contributed by atoms with van der Waals surface area (Å²) in [6.45, 7) is 1.88. The molecule has 0 aliphatic carbocycles. The van der Waals surface area contributed by atoms with Gasteiger partial charge in [0, 0.05) is 6.54 Å². The fourth-order valence-electron chi connectivity index (χ4n) is 1.78. The van der Waals surface area contributed by atoms with Crippen LogP contribution in [0.1, 0.15) is 12.5 Å². The van der Waals surface area contributed by atoms with Crippen molar-refractivity contribution in [2.24, 2.45) is 0 Å². The first kappa shape index (κ1) is 13.3. The Balaban J connectivity index is 2.01. The SMILES string of the molecule is CC(O)C(=O)NCc1ccc(-c2ccccc2)cc1. The molecule has 0 radical (unpaired) electrons. The molecule has 2 aromatic rings. The number of nitrogens with one attached hydrogen (secondary N) is 1. The van der Waals surface area contributed by atoms with Crippen LogP contribution in [-0.2, 0) is 11.3 Å². The van der Waals surface area contributed by atoms with E-state index in [-0.39, 0.29) is 5.91 Å². The summed E-state index contributed by atoms with van der Waals surface area (Å²) in [6.07, 6.45) is -0.969. The average molecular weight is 255 g/mol. The highest BCUT2D eigenvalue weighted by Crippen LogP contribution is 2.19. The second-order valence-corrected chi connectivity index (χ2v) is 4.46. The summed E-state index contributed by atoms with van der Waals surface area (Å²) in [4.78, 5) is 11.2. The molecule has 2 rings (SSSR count). The van der Waals surface area contributed by atoms with Crippen molar-refractivity contribution in [2.75, 3.05) is 0 Å². The molecule has 98 valence electrons. The molecule has 2 N–H and O–H groups in total. The van der Waals surface area contributed by atoms with Gasteiger partial charge in [-0.25, -0.2) is 0 Å². The Morgan fingerprint density at radius 3 is 2.21 bits per heavy atom. The predicted molar refractivity (Wildman–Crippen MR) is 75.4 cm³/mol. The minimum Gasteiger partial charge on any atom is -0.384 e. The van der Waals surface area contributed by atoms with Crippen LogP contribution in [0.2, 0.25) is 0 Å². The topological polar surface area (TPSA) is 49.3 Å². The fourth-order valence-corrected chi connectivity index (χ4v) is 1.78. The zero-order valence-electron chi connectivity index (χ0n) is 10.8. The van der Waals surface area contributed by atoms with Gasteiger partial charge in [0.25, 0.3) is 0 Å². The molecule has 1 unspecified atom stereocenters. The molecule has 1 atom stereocenters. The summed E-state index contributed by atoms with van der Waals surface area (Å²) >= 11 is 0. The van der Waals surface area contributed by atoms with Crippen molar-refractivity contribution in [3.63, 3.8) is 0 Å². The number of rotatable bonds is 4. The van der Waals surface area contributed by atoms with E-state index in [1.165, 1.54) is 12.5 Å². The van der Waals surface area contributed by atoms with Gasteiger partial charge in [-0.2, -0.15) is 0 Å². The number of amides is 1. The molecule has 2 aromatic carbocycles. The van der Waals surface area contributed by atoms with E-state index in [1.807, 2.05) is 42.5 Å². The Hall–Kier alpha value is -2.13. The standard InChI is InChI=1S/C16H17NO2/c1-12(18)16(19)17-11-13-7-9-15(10-8-13)14-5-3-2-4-6-14/h2-10,12,18H,11H2,1H3,(H,17,19). The van der Waals surface area contributed by atoms with Gasteiger partial charge in [0.1, 0.15) is 6.10 Å². The highest BCUT2D eigenvalue weighted by Gasteiger charge is 2.07. The average Bonchev–Trinajstić information content (AvgIpc) is 2.46. The van der Waals surface area contributed by atoms with Crippen molar-refractivity contribution >= 4 is 5.91 Å². The van der Waals surface area contributed by atoms with Gasteiger partial charge < -0.3 is 10.4 Å². The third-order valence-electron chi connectivity index (χ3n) is 2.91. The van der Waals surface area contributed by atoms with Crippen LogP contribution in [0.25, 0.3) is 11.1 Å². The summed E-state index contributed by atoms with van der Waals surface area (Å²) in [6, 6.07) is 18.1. The van der Waals surface area contributed by atoms with Crippen LogP contribution in [0.4, 0.5) is 0 Å². The third kappa shape index (κ3) is 3.66. The first-order valence-electron chi connectivity index (χ1n) is 6.27. The molecule has 3 heteroatoms. The molecule has 19 heavy (non-hydrogen) atoms. The number of hydrogen-bond acceptors (Lipinski definition) is 2. The normalized spacial score (nSPS) is 11.9. The first-order chi connectivity index (χ1) is 9.16. The molecule has 0 aromatic heterocycles. The van der Waals surface area contributed by atoms with Crippen LogP contribution in [0, 0.1) is 0 Å². The molecule has 0 aliphatic rings. The van der Waals surface area contributed by atoms with E-state index in [9.17, 15) is 4.79 Å². The molecule has 0 bridgehead atoms. The van der Waals surface area contributed by atoms with E-state index >= 15 is 0 Å². The van der Waals surface area contributed by atoms with Gasteiger partial charge in [-0.15, -0.1) is 0 Å². The zero-order valence-corrected chi connectivity index (χ0v) is 10.8. The largest absolute Gasteiger partial charge is 0.384 e. The summed E-state index contributed by atoms with van der Waals surface area (Å²) in [5.41, 5.74) is 3.32. The summed E-state index contributed by atoms with van der Waals surface area (Å²) < 4.78 is 0. The van der Waals surface area contributed by atoms with Gasteiger partial charge in [-0.3, -0.25) is 4.79 Å². The maximum atomic E-state index is 11.2. The second kappa shape index (κ2) is 6.16. The number of benzene rings is 2. The van der Waals surface area contributed by atoms with Gasteiger partial charge in [0.05, 0.1) is 0 Å². The van der Waals surface area contributed by atoms with Crippen molar-refractivity contribution in [3.05, 3.63) is 60.2 Å². The highest BCUT2D eigenvalue weighted by atomic mass is 16.3. The lowest BCUT2D eigenvalue weighted by atomic mass is 10.0. The minimum atomic E-state index is -0.969. The van der Waals surface area contributed by atoms with E-state index in [2.05, 4.69) is 17.4 Å². The van der Waals surface area contributed by atoms with Gasteiger partial charge in [0.15, 0.2) is 0 Å². The van der Waals surface area contributed by atoms with Crippen molar-refractivity contribution in [1.29, 1.82) is 0 Å². The lowest BCUT2D eigenvalue weighted by molar-refractivity contribution is -0.128. The minimum absolute atomic E-state index is 0.355. The van der Waals surface area contributed by atoms with Crippen molar-refractivity contribution in [1.82, 2.24) is 5.32 Å².